The van der Waals surface area contributed by atoms with Crippen molar-refractivity contribution in [1.29, 1.82) is 0 Å². The number of thiophene rings is 1. The van der Waals surface area contributed by atoms with E-state index in [0.717, 1.165) is 4.88 Å². The second-order valence-electron chi connectivity index (χ2n) is 5.77. The van der Waals surface area contributed by atoms with Crippen LogP contribution in [0.3, 0.4) is 0 Å². The summed E-state index contributed by atoms with van der Waals surface area (Å²) in [5.41, 5.74) is 0.966. The van der Waals surface area contributed by atoms with Crippen molar-refractivity contribution in [2.45, 2.75) is 19.4 Å². The molecule has 0 fully saturated rings. The third kappa shape index (κ3) is 3.81. The first-order chi connectivity index (χ1) is 11.9. The summed E-state index contributed by atoms with van der Waals surface area (Å²) in [6, 6.07) is 11.9. The summed E-state index contributed by atoms with van der Waals surface area (Å²) in [6.07, 6.45) is 1.42. The van der Waals surface area contributed by atoms with Crippen LogP contribution in [0.1, 0.15) is 23.3 Å². The summed E-state index contributed by atoms with van der Waals surface area (Å²) in [4.78, 5) is 18.7. The summed E-state index contributed by atoms with van der Waals surface area (Å²) in [6.45, 7) is 2.17. The molecule has 3 rings (SSSR count). The van der Waals surface area contributed by atoms with Crippen LogP contribution in [0.25, 0.3) is 10.2 Å². The summed E-state index contributed by atoms with van der Waals surface area (Å²) in [7, 11) is -2.01. The van der Waals surface area contributed by atoms with Gasteiger partial charge in [0.15, 0.2) is 0 Å². The van der Waals surface area contributed by atoms with Crippen molar-refractivity contribution in [3.63, 3.8) is 0 Å². The molecule has 0 aliphatic rings. The van der Waals surface area contributed by atoms with E-state index in [1.807, 2.05) is 24.3 Å². The van der Waals surface area contributed by atoms with Gasteiger partial charge in [0.2, 0.25) is 10.0 Å². The van der Waals surface area contributed by atoms with Crippen LogP contribution in [0.15, 0.2) is 47.5 Å². The van der Waals surface area contributed by atoms with Crippen LogP contribution < -0.4 is 10.3 Å². The Kier molecular flexibility index (Phi) is 5.03. The zero-order valence-electron chi connectivity index (χ0n) is 14.0. The Hall–Kier alpha value is -2.03. The van der Waals surface area contributed by atoms with Crippen LogP contribution in [0.4, 0.5) is 0 Å². The van der Waals surface area contributed by atoms with E-state index in [1.165, 1.54) is 34.8 Å². The van der Waals surface area contributed by atoms with Gasteiger partial charge in [-0.3, -0.25) is 9.36 Å². The number of aromatic nitrogens is 2. The molecule has 2 heterocycles. The Morgan fingerprint density at radius 3 is 2.68 bits per heavy atom. The lowest BCUT2D eigenvalue weighted by molar-refractivity contribution is 0.579. The highest BCUT2D eigenvalue weighted by molar-refractivity contribution is 7.89. The topological polar surface area (TPSA) is 81.1 Å². The first kappa shape index (κ1) is 17.8. The molecule has 1 atom stereocenters. The van der Waals surface area contributed by atoms with Gasteiger partial charge in [-0.15, -0.1) is 11.3 Å². The number of nitrogens with zero attached hydrogens (tertiary/aromatic N) is 2. The minimum Gasteiger partial charge on any atom is -0.298 e. The highest BCUT2D eigenvalue weighted by atomic mass is 32.2. The Morgan fingerprint density at radius 1 is 1.28 bits per heavy atom. The average Bonchev–Trinajstić information content (AvgIpc) is 3.06. The second-order valence-corrected chi connectivity index (χ2v) is 8.87. The highest BCUT2D eigenvalue weighted by Gasteiger charge is 2.16. The van der Waals surface area contributed by atoms with Crippen molar-refractivity contribution >= 4 is 31.6 Å². The van der Waals surface area contributed by atoms with Gasteiger partial charge in [0.05, 0.1) is 17.5 Å². The summed E-state index contributed by atoms with van der Waals surface area (Å²) >= 11 is 1.50. The fourth-order valence-corrected chi connectivity index (χ4v) is 4.29. The molecule has 0 saturated heterocycles. The standard InChI is InChI=1S/C17H19N3O3S2/c1-12(13-6-4-3-5-7-13)15-10-14-16(24-15)19-11-20(17(14)21)8-9-25(22,23)18-2/h3-7,10-12,18H,8-9H2,1-2H3/t12-/m0/s1. The smallest absolute Gasteiger partial charge is 0.262 e. The Labute approximate surface area is 150 Å². The van der Waals surface area contributed by atoms with Gasteiger partial charge in [0, 0.05) is 17.3 Å². The Bertz CT molecular complexity index is 1040. The first-order valence-electron chi connectivity index (χ1n) is 7.86. The predicted octanol–water partition coefficient (Wildman–Crippen LogP) is 2.16. The van der Waals surface area contributed by atoms with Crippen LogP contribution >= 0.6 is 11.3 Å². The molecular weight excluding hydrogens is 358 g/mol. The van der Waals surface area contributed by atoms with Gasteiger partial charge in [-0.2, -0.15) is 0 Å². The van der Waals surface area contributed by atoms with Crippen molar-refractivity contribution in [3.05, 3.63) is 63.5 Å². The van der Waals surface area contributed by atoms with Crippen LogP contribution in [0, 0.1) is 0 Å². The molecule has 2 aromatic heterocycles. The highest BCUT2D eigenvalue weighted by Crippen LogP contribution is 2.32. The zero-order valence-corrected chi connectivity index (χ0v) is 15.6. The normalized spacial score (nSPS) is 13.2. The molecule has 25 heavy (non-hydrogen) atoms. The molecule has 0 unspecified atom stereocenters. The van der Waals surface area contributed by atoms with Gasteiger partial charge < -0.3 is 0 Å². The maximum atomic E-state index is 12.6. The van der Waals surface area contributed by atoms with Crippen LogP contribution in [0.5, 0.6) is 0 Å². The lowest BCUT2D eigenvalue weighted by atomic mass is 10.00. The molecule has 0 radical (unpaired) electrons. The lowest BCUT2D eigenvalue weighted by Crippen LogP contribution is -2.28. The third-order valence-corrected chi connectivity index (χ3v) is 6.74. The number of fused-ring (bicyclic) bond motifs is 1. The molecule has 3 aromatic rings. The van der Waals surface area contributed by atoms with E-state index >= 15 is 0 Å². The minimum atomic E-state index is -3.37. The van der Waals surface area contributed by atoms with Gasteiger partial charge in [0.25, 0.3) is 5.56 Å². The third-order valence-electron chi connectivity index (χ3n) is 4.18. The number of hydrogen-bond acceptors (Lipinski definition) is 5. The average molecular weight is 377 g/mol. The van der Waals surface area contributed by atoms with Gasteiger partial charge in [-0.25, -0.2) is 18.1 Å². The van der Waals surface area contributed by atoms with Crippen LogP contribution in [-0.2, 0) is 16.6 Å². The SMILES string of the molecule is CNS(=O)(=O)CCn1cnc2sc([C@@H](C)c3ccccc3)cc2c1=O. The number of aryl methyl sites for hydroxylation is 1. The fourth-order valence-electron chi connectivity index (χ4n) is 2.58. The van der Waals surface area contributed by atoms with Crippen LogP contribution in [0.2, 0.25) is 0 Å². The lowest BCUT2D eigenvalue weighted by Gasteiger charge is -2.08. The molecule has 0 spiro atoms. The molecule has 0 saturated carbocycles. The first-order valence-corrected chi connectivity index (χ1v) is 10.3. The van der Waals surface area contributed by atoms with E-state index in [0.29, 0.717) is 10.2 Å². The summed E-state index contributed by atoms with van der Waals surface area (Å²) < 4.78 is 26.7. The van der Waals surface area contributed by atoms with Crippen molar-refractivity contribution < 1.29 is 8.42 Å². The van der Waals surface area contributed by atoms with Gasteiger partial charge in [-0.1, -0.05) is 37.3 Å². The fraction of sp³-hybridized carbons (Fsp3) is 0.294. The molecule has 0 aliphatic heterocycles. The molecule has 1 N–H and O–H groups in total. The largest absolute Gasteiger partial charge is 0.298 e. The Balaban J connectivity index is 1.93. The van der Waals surface area contributed by atoms with E-state index in [2.05, 4.69) is 28.8 Å². The Morgan fingerprint density at radius 2 is 2.00 bits per heavy atom. The maximum Gasteiger partial charge on any atom is 0.262 e. The van der Waals surface area contributed by atoms with E-state index in [4.69, 9.17) is 0 Å². The molecule has 0 bridgehead atoms. The van der Waals surface area contributed by atoms with Crippen LogP contribution in [-0.4, -0.2) is 30.8 Å². The van der Waals surface area contributed by atoms with Crippen molar-refractivity contribution in [3.8, 4) is 0 Å². The summed E-state index contributed by atoms with van der Waals surface area (Å²) in [5, 5.41) is 0.534. The predicted molar refractivity (Wildman–Crippen MR) is 101 cm³/mol. The zero-order chi connectivity index (χ0) is 18.0. The summed E-state index contributed by atoms with van der Waals surface area (Å²) in [5.74, 6) is 0.00602. The van der Waals surface area contributed by atoms with Crippen molar-refractivity contribution in [2.75, 3.05) is 12.8 Å². The molecule has 1 aromatic carbocycles. The molecule has 0 amide bonds. The number of hydrogen-bond donors (Lipinski definition) is 1. The second kappa shape index (κ2) is 7.07. The number of nitrogens with one attached hydrogen (secondary N) is 1. The quantitative estimate of drug-likeness (QED) is 0.714. The molecule has 8 heteroatoms. The molecule has 6 nitrogen and oxygen atoms in total. The molecular formula is C17H19N3O3S2. The van der Waals surface area contributed by atoms with Gasteiger partial charge >= 0.3 is 0 Å². The van der Waals surface area contributed by atoms with E-state index < -0.39 is 10.0 Å². The molecule has 132 valence electrons. The minimum absolute atomic E-state index is 0.0738. The van der Waals surface area contributed by atoms with E-state index in [1.54, 1.807) is 0 Å². The van der Waals surface area contributed by atoms with Gasteiger partial charge in [0.1, 0.15) is 4.83 Å². The van der Waals surface area contributed by atoms with E-state index in [9.17, 15) is 13.2 Å². The van der Waals surface area contributed by atoms with E-state index in [-0.39, 0.29) is 23.8 Å². The van der Waals surface area contributed by atoms with Crippen molar-refractivity contribution in [1.82, 2.24) is 14.3 Å². The molecule has 0 aliphatic carbocycles. The number of sulfonamides is 1. The number of benzene rings is 1. The maximum absolute atomic E-state index is 12.6. The monoisotopic (exact) mass is 377 g/mol. The van der Waals surface area contributed by atoms with Gasteiger partial charge in [-0.05, 0) is 18.7 Å². The van der Waals surface area contributed by atoms with Crippen molar-refractivity contribution in [2.24, 2.45) is 0 Å². The number of rotatable bonds is 6.